The van der Waals surface area contributed by atoms with Crippen LogP contribution in [0.2, 0.25) is 0 Å². The first-order chi connectivity index (χ1) is 13.0. The van der Waals surface area contributed by atoms with E-state index in [-0.39, 0.29) is 17.6 Å². The zero-order chi connectivity index (χ0) is 18.9. The summed E-state index contributed by atoms with van der Waals surface area (Å²) >= 11 is 1.49. The molecule has 0 aliphatic carbocycles. The molecule has 144 valence electrons. The fourth-order valence-electron chi connectivity index (χ4n) is 4.49. The molecule has 1 spiro atoms. The summed E-state index contributed by atoms with van der Waals surface area (Å²) in [6.07, 6.45) is 3.02. The molecule has 1 aromatic heterocycles. The SMILES string of the molecule is Cc1cc(C)cc(CN2CCC3(CC2)C[C@@H](NC(=O)c2cccs2)CO3)c1. The van der Waals surface area contributed by atoms with Crippen molar-refractivity contribution in [1.82, 2.24) is 10.2 Å². The maximum atomic E-state index is 12.3. The van der Waals surface area contributed by atoms with Crippen molar-refractivity contribution < 1.29 is 9.53 Å². The Hall–Kier alpha value is -1.69. The summed E-state index contributed by atoms with van der Waals surface area (Å²) in [6, 6.07) is 10.7. The Balaban J connectivity index is 1.29. The highest BCUT2D eigenvalue weighted by molar-refractivity contribution is 7.12. The molecule has 0 bridgehead atoms. The van der Waals surface area contributed by atoms with Crippen LogP contribution >= 0.6 is 11.3 Å². The van der Waals surface area contributed by atoms with Crippen LogP contribution in [0.15, 0.2) is 35.7 Å². The molecule has 4 rings (SSSR count). The molecule has 0 unspecified atom stereocenters. The Kier molecular flexibility index (Phi) is 5.35. The number of nitrogens with one attached hydrogen (secondary N) is 1. The molecule has 1 aromatic carbocycles. The number of benzene rings is 1. The third-order valence-corrected chi connectivity index (χ3v) is 6.61. The van der Waals surface area contributed by atoms with Crippen LogP contribution in [0.5, 0.6) is 0 Å². The highest BCUT2D eigenvalue weighted by Crippen LogP contribution is 2.36. The van der Waals surface area contributed by atoms with E-state index in [9.17, 15) is 4.79 Å². The molecule has 1 atom stereocenters. The molecular weight excluding hydrogens is 356 g/mol. The molecular formula is C22H28N2O2S. The second kappa shape index (κ2) is 7.74. The number of aryl methyl sites for hydroxylation is 2. The average Bonchev–Trinajstić information content (AvgIpc) is 3.27. The maximum absolute atomic E-state index is 12.3. The number of hydrogen-bond acceptors (Lipinski definition) is 4. The number of amides is 1. The second-order valence-electron chi connectivity index (χ2n) is 8.12. The van der Waals surface area contributed by atoms with Gasteiger partial charge in [0.2, 0.25) is 0 Å². The minimum absolute atomic E-state index is 0.0305. The summed E-state index contributed by atoms with van der Waals surface area (Å²) in [5, 5.41) is 5.09. The predicted molar refractivity (Wildman–Crippen MR) is 109 cm³/mol. The van der Waals surface area contributed by atoms with Gasteiger partial charge in [0.1, 0.15) is 0 Å². The fourth-order valence-corrected chi connectivity index (χ4v) is 5.11. The number of nitrogens with zero attached hydrogens (tertiary/aromatic N) is 1. The van der Waals surface area contributed by atoms with Gasteiger partial charge in [0.15, 0.2) is 0 Å². The Morgan fingerprint density at radius 2 is 2.00 bits per heavy atom. The fraction of sp³-hybridized carbons (Fsp3) is 0.500. The lowest BCUT2D eigenvalue weighted by Crippen LogP contribution is -2.44. The number of carbonyl (C=O) groups excluding carboxylic acids is 1. The minimum Gasteiger partial charge on any atom is -0.373 e. The molecule has 2 aliphatic heterocycles. The van der Waals surface area contributed by atoms with Gasteiger partial charge in [-0.3, -0.25) is 9.69 Å². The minimum atomic E-state index is -0.0492. The monoisotopic (exact) mass is 384 g/mol. The van der Waals surface area contributed by atoms with Gasteiger partial charge in [0, 0.05) is 19.6 Å². The van der Waals surface area contributed by atoms with E-state index in [1.54, 1.807) is 0 Å². The topological polar surface area (TPSA) is 41.6 Å². The van der Waals surface area contributed by atoms with E-state index in [0.29, 0.717) is 6.61 Å². The molecule has 2 fully saturated rings. The third kappa shape index (κ3) is 4.42. The number of ether oxygens (including phenoxy) is 1. The summed E-state index contributed by atoms with van der Waals surface area (Å²) in [6.45, 7) is 8.08. The molecule has 2 aliphatic rings. The maximum Gasteiger partial charge on any atom is 0.261 e. The average molecular weight is 385 g/mol. The number of thiophene rings is 1. The van der Waals surface area contributed by atoms with Crippen LogP contribution in [-0.4, -0.2) is 42.1 Å². The summed E-state index contributed by atoms with van der Waals surface area (Å²) in [7, 11) is 0. The van der Waals surface area contributed by atoms with Gasteiger partial charge in [0.05, 0.1) is 23.1 Å². The van der Waals surface area contributed by atoms with E-state index < -0.39 is 0 Å². The molecule has 0 saturated carbocycles. The van der Waals surface area contributed by atoms with Crippen LogP contribution in [0, 0.1) is 13.8 Å². The molecule has 2 saturated heterocycles. The van der Waals surface area contributed by atoms with E-state index >= 15 is 0 Å². The van der Waals surface area contributed by atoms with Crippen molar-refractivity contribution >= 4 is 17.2 Å². The van der Waals surface area contributed by atoms with Crippen LogP contribution in [-0.2, 0) is 11.3 Å². The summed E-state index contributed by atoms with van der Waals surface area (Å²) in [5.74, 6) is 0.0305. The number of likely N-dealkylation sites (tertiary alicyclic amines) is 1. The first kappa shape index (κ1) is 18.7. The van der Waals surface area contributed by atoms with Crippen LogP contribution in [0.25, 0.3) is 0 Å². The van der Waals surface area contributed by atoms with Crippen molar-refractivity contribution in [2.24, 2.45) is 0 Å². The highest BCUT2D eigenvalue weighted by atomic mass is 32.1. The van der Waals surface area contributed by atoms with E-state index in [0.717, 1.165) is 43.8 Å². The van der Waals surface area contributed by atoms with Gasteiger partial charge in [-0.2, -0.15) is 0 Å². The van der Waals surface area contributed by atoms with Crippen molar-refractivity contribution in [3.63, 3.8) is 0 Å². The summed E-state index contributed by atoms with van der Waals surface area (Å²) < 4.78 is 6.21. The Morgan fingerprint density at radius 3 is 2.67 bits per heavy atom. The number of carbonyl (C=O) groups is 1. The lowest BCUT2D eigenvalue weighted by atomic mass is 9.87. The van der Waals surface area contributed by atoms with Crippen LogP contribution in [0.4, 0.5) is 0 Å². The lowest BCUT2D eigenvalue weighted by molar-refractivity contribution is -0.0449. The van der Waals surface area contributed by atoms with Crippen LogP contribution in [0.3, 0.4) is 0 Å². The van der Waals surface area contributed by atoms with Crippen LogP contribution in [0.1, 0.15) is 45.6 Å². The molecule has 0 radical (unpaired) electrons. The molecule has 27 heavy (non-hydrogen) atoms. The Labute approximate surface area is 165 Å². The summed E-state index contributed by atoms with van der Waals surface area (Å²) in [5.41, 5.74) is 4.02. The van der Waals surface area contributed by atoms with E-state index in [2.05, 4.69) is 42.3 Å². The van der Waals surface area contributed by atoms with Crippen molar-refractivity contribution in [2.45, 2.75) is 51.3 Å². The highest BCUT2D eigenvalue weighted by Gasteiger charge is 2.43. The van der Waals surface area contributed by atoms with Gasteiger partial charge in [0.25, 0.3) is 5.91 Å². The number of piperidine rings is 1. The normalized spacial score (nSPS) is 22.2. The van der Waals surface area contributed by atoms with Crippen LogP contribution < -0.4 is 5.32 Å². The molecule has 5 heteroatoms. The molecule has 3 heterocycles. The molecule has 2 aromatic rings. The van der Waals surface area contributed by atoms with Gasteiger partial charge in [-0.15, -0.1) is 11.3 Å². The largest absolute Gasteiger partial charge is 0.373 e. The van der Waals surface area contributed by atoms with Crippen molar-refractivity contribution in [3.8, 4) is 0 Å². The van der Waals surface area contributed by atoms with Crippen molar-refractivity contribution in [3.05, 3.63) is 57.3 Å². The molecule has 1 amide bonds. The molecule has 4 nitrogen and oxygen atoms in total. The Morgan fingerprint density at radius 1 is 1.26 bits per heavy atom. The van der Waals surface area contributed by atoms with E-state index in [4.69, 9.17) is 4.74 Å². The second-order valence-corrected chi connectivity index (χ2v) is 9.07. The summed E-state index contributed by atoms with van der Waals surface area (Å²) in [4.78, 5) is 15.6. The number of rotatable bonds is 4. The van der Waals surface area contributed by atoms with Gasteiger partial charge < -0.3 is 10.1 Å². The van der Waals surface area contributed by atoms with Gasteiger partial charge in [-0.05, 0) is 50.1 Å². The Bertz CT molecular complexity index is 774. The zero-order valence-electron chi connectivity index (χ0n) is 16.2. The molecule has 1 N–H and O–H groups in total. The van der Waals surface area contributed by atoms with Gasteiger partial charge in [-0.1, -0.05) is 35.4 Å². The standard InChI is InChI=1S/C22H28N2O2S/c1-16-10-17(2)12-18(11-16)14-24-7-5-22(6-8-24)13-19(15-26-22)23-21(25)20-4-3-9-27-20/h3-4,9-12,19H,5-8,13-15H2,1-2H3,(H,23,25)/t19-/m1/s1. The first-order valence-corrected chi connectivity index (χ1v) is 10.7. The quantitative estimate of drug-likeness (QED) is 0.869. The lowest BCUT2D eigenvalue weighted by Gasteiger charge is -2.38. The van der Waals surface area contributed by atoms with E-state index in [1.807, 2.05) is 17.5 Å². The smallest absolute Gasteiger partial charge is 0.261 e. The van der Waals surface area contributed by atoms with E-state index in [1.165, 1.54) is 28.0 Å². The first-order valence-electron chi connectivity index (χ1n) is 9.79. The van der Waals surface area contributed by atoms with Crippen molar-refractivity contribution in [1.29, 1.82) is 0 Å². The van der Waals surface area contributed by atoms with Crippen molar-refractivity contribution in [2.75, 3.05) is 19.7 Å². The predicted octanol–water partition coefficient (Wildman–Crippen LogP) is 3.92. The van der Waals surface area contributed by atoms with Gasteiger partial charge >= 0.3 is 0 Å². The number of hydrogen-bond donors (Lipinski definition) is 1. The third-order valence-electron chi connectivity index (χ3n) is 5.74. The van der Waals surface area contributed by atoms with Gasteiger partial charge in [-0.25, -0.2) is 0 Å². The zero-order valence-corrected chi connectivity index (χ0v) is 17.0.